The van der Waals surface area contributed by atoms with Gasteiger partial charge in [-0.1, -0.05) is 6.42 Å². The molecule has 9 heteroatoms. The molecule has 6 nitrogen and oxygen atoms in total. The highest BCUT2D eigenvalue weighted by molar-refractivity contribution is 5.84. The van der Waals surface area contributed by atoms with Crippen LogP contribution in [-0.2, 0) is 33.4 Å². The third kappa shape index (κ3) is 4.46. The Balaban J connectivity index is 1.30. The fraction of sp³-hybridized carbons (Fsp3) is 0.760. The minimum Gasteiger partial charge on any atom is -0.384 e. The Hall–Kier alpha value is -1.71. The summed E-state index contributed by atoms with van der Waals surface area (Å²) < 4.78 is 50.6. The number of methoxy groups -OCH3 is 1. The van der Waals surface area contributed by atoms with Crippen LogP contribution >= 0.6 is 0 Å². The van der Waals surface area contributed by atoms with Crippen molar-refractivity contribution in [3.8, 4) is 0 Å². The number of pyridine rings is 1. The zero-order valence-corrected chi connectivity index (χ0v) is 19.7. The van der Waals surface area contributed by atoms with E-state index >= 15 is 0 Å². The molecule has 3 heterocycles. The van der Waals surface area contributed by atoms with Crippen LogP contribution in [0.15, 0.2) is 12.3 Å². The molecule has 1 aromatic heterocycles. The lowest BCUT2D eigenvalue weighted by Gasteiger charge is -2.38. The molecule has 1 amide bonds. The van der Waals surface area contributed by atoms with E-state index in [0.29, 0.717) is 55.3 Å². The SMILES string of the molecule is COC[C@@H]1COCC[C@@H]1N[C@@H]1C[C@H]2CCC[C@@]2(C(=O)N2CCc3ncc(C(F)(F)F)cc3C2)C1. The summed E-state index contributed by atoms with van der Waals surface area (Å²) in [4.78, 5) is 19.8. The van der Waals surface area contributed by atoms with Crippen LogP contribution in [0.25, 0.3) is 0 Å². The molecule has 0 unspecified atom stereocenters. The third-order valence-electron chi connectivity index (χ3n) is 8.52. The number of carbonyl (C=O) groups excluding carboxylic acids is 1. The highest BCUT2D eigenvalue weighted by atomic mass is 19.4. The van der Waals surface area contributed by atoms with E-state index in [4.69, 9.17) is 9.47 Å². The zero-order chi connectivity index (χ0) is 23.9. The molecule has 2 saturated carbocycles. The molecular formula is C25H34F3N3O3. The van der Waals surface area contributed by atoms with Gasteiger partial charge in [-0.05, 0) is 49.7 Å². The van der Waals surface area contributed by atoms with Crippen molar-refractivity contribution in [1.82, 2.24) is 15.2 Å². The summed E-state index contributed by atoms with van der Waals surface area (Å²) in [5.41, 5.74) is 0.0566. The van der Waals surface area contributed by atoms with Crippen LogP contribution in [0.4, 0.5) is 13.2 Å². The maximum atomic E-state index is 13.9. The second kappa shape index (κ2) is 9.39. The molecule has 34 heavy (non-hydrogen) atoms. The van der Waals surface area contributed by atoms with Crippen LogP contribution in [0.5, 0.6) is 0 Å². The molecule has 2 aliphatic carbocycles. The quantitative estimate of drug-likeness (QED) is 0.697. The van der Waals surface area contributed by atoms with Crippen molar-refractivity contribution in [2.24, 2.45) is 17.3 Å². The number of amides is 1. The Morgan fingerprint density at radius 2 is 2.24 bits per heavy atom. The van der Waals surface area contributed by atoms with Gasteiger partial charge in [-0.3, -0.25) is 9.78 Å². The van der Waals surface area contributed by atoms with Gasteiger partial charge < -0.3 is 19.7 Å². The normalized spacial score (nSPS) is 33.6. The second-order valence-electron chi connectivity index (χ2n) is 10.5. The summed E-state index contributed by atoms with van der Waals surface area (Å²) >= 11 is 0. The van der Waals surface area contributed by atoms with E-state index in [-0.39, 0.29) is 18.5 Å². The zero-order valence-electron chi connectivity index (χ0n) is 19.7. The molecule has 3 fully saturated rings. The molecule has 0 spiro atoms. The Morgan fingerprint density at radius 3 is 3.03 bits per heavy atom. The lowest BCUT2D eigenvalue weighted by molar-refractivity contribution is -0.144. The Labute approximate surface area is 198 Å². The van der Waals surface area contributed by atoms with Gasteiger partial charge in [0, 0.05) is 63.1 Å². The van der Waals surface area contributed by atoms with Gasteiger partial charge >= 0.3 is 6.18 Å². The van der Waals surface area contributed by atoms with Crippen LogP contribution < -0.4 is 5.32 Å². The molecule has 0 aromatic carbocycles. The lowest BCUT2D eigenvalue weighted by atomic mass is 9.78. The van der Waals surface area contributed by atoms with Gasteiger partial charge in [0.25, 0.3) is 0 Å². The number of carbonyl (C=O) groups is 1. The fourth-order valence-corrected chi connectivity index (χ4v) is 6.89. The number of halogens is 3. The summed E-state index contributed by atoms with van der Waals surface area (Å²) in [7, 11) is 1.71. The summed E-state index contributed by atoms with van der Waals surface area (Å²) in [5, 5.41) is 3.84. The van der Waals surface area contributed by atoms with Crippen molar-refractivity contribution in [3.05, 3.63) is 29.1 Å². The van der Waals surface area contributed by atoms with Gasteiger partial charge in [0.1, 0.15) is 0 Å². The largest absolute Gasteiger partial charge is 0.417 e. The summed E-state index contributed by atoms with van der Waals surface area (Å²) in [5.74, 6) is 0.766. The smallest absolute Gasteiger partial charge is 0.384 e. The van der Waals surface area contributed by atoms with E-state index in [9.17, 15) is 18.0 Å². The van der Waals surface area contributed by atoms with Crippen molar-refractivity contribution < 1.29 is 27.4 Å². The lowest BCUT2D eigenvalue weighted by Crippen LogP contribution is -2.49. The van der Waals surface area contributed by atoms with Crippen LogP contribution in [0.3, 0.4) is 0 Å². The highest BCUT2D eigenvalue weighted by Crippen LogP contribution is 2.55. The molecule has 1 saturated heterocycles. The molecule has 188 valence electrons. The first-order valence-corrected chi connectivity index (χ1v) is 12.5. The van der Waals surface area contributed by atoms with Crippen LogP contribution in [0, 0.1) is 17.3 Å². The van der Waals surface area contributed by atoms with Gasteiger partial charge in [-0.25, -0.2) is 0 Å². The molecule has 0 bridgehead atoms. The summed E-state index contributed by atoms with van der Waals surface area (Å²) in [6.45, 7) is 2.81. The Kier molecular flexibility index (Phi) is 6.63. The molecule has 5 rings (SSSR count). The van der Waals surface area contributed by atoms with E-state index in [1.54, 1.807) is 12.0 Å². The number of nitrogens with zero attached hydrogens (tertiary/aromatic N) is 2. The van der Waals surface area contributed by atoms with Crippen molar-refractivity contribution in [2.75, 3.05) is 33.5 Å². The average Bonchev–Trinajstić information content (AvgIpc) is 3.36. The van der Waals surface area contributed by atoms with Crippen molar-refractivity contribution in [3.63, 3.8) is 0 Å². The molecule has 4 aliphatic rings. The molecule has 2 aliphatic heterocycles. The second-order valence-corrected chi connectivity index (χ2v) is 10.5. The average molecular weight is 482 g/mol. The minimum atomic E-state index is -4.43. The predicted molar refractivity (Wildman–Crippen MR) is 119 cm³/mol. The van der Waals surface area contributed by atoms with Crippen molar-refractivity contribution in [2.45, 2.75) is 69.8 Å². The Morgan fingerprint density at radius 1 is 1.38 bits per heavy atom. The molecule has 5 atom stereocenters. The number of rotatable bonds is 5. The number of fused-ring (bicyclic) bond motifs is 2. The van der Waals surface area contributed by atoms with Crippen molar-refractivity contribution in [1.29, 1.82) is 0 Å². The number of aromatic nitrogens is 1. The van der Waals surface area contributed by atoms with Gasteiger partial charge in [0.2, 0.25) is 5.91 Å². The standard InChI is InChI=1S/C25H34F3N3O3/c1-33-14-17-15-34-8-5-22(17)30-20-10-18-3-2-6-24(18,11-20)23(32)31-7-4-21-16(13-31)9-19(12-29-21)25(26,27)28/h9,12,17-18,20,22,30H,2-8,10-11,13-15H2,1H3/t17-,18-,20-,22+,24-/m1/s1. The predicted octanol–water partition coefficient (Wildman–Crippen LogP) is 3.58. The van der Waals surface area contributed by atoms with Crippen LogP contribution in [0.1, 0.15) is 55.3 Å². The first-order valence-electron chi connectivity index (χ1n) is 12.5. The number of alkyl halides is 3. The van der Waals surface area contributed by atoms with E-state index in [0.717, 1.165) is 51.3 Å². The van der Waals surface area contributed by atoms with E-state index in [1.807, 2.05) is 0 Å². The summed E-state index contributed by atoms with van der Waals surface area (Å²) in [6, 6.07) is 1.76. The van der Waals surface area contributed by atoms with Gasteiger partial charge in [-0.2, -0.15) is 13.2 Å². The molecule has 1 N–H and O–H groups in total. The molecular weight excluding hydrogens is 447 g/mol. The van der Waals surface area contributed by atoms with Crippen molar-refractivity contribution >= 4 is 5.91 Å². The topological polar surface area (TPSA) is 63.7 Å². The molecule has 1 aromatic rings. The highest BCUT2D eigenvalue weighted by Gasteiger charge is 2.56. The maximum absolute atomic E-state index is 13.9. The molecule has 0 radical (unpaired) electrons. The number of hydrogen-bond donors (Lipinski definition) is 1. The van der Waals surface area contributed by atoms with E-state index < -0.39 is 17.2 Å². The first kappa shape index (κ1) is 24.0. The van der Waals surface area contributed by atoms with Crippen LogP contribution in [0.2, 0.25) is 0 Å². The first-order chi connectivity index (χ1) is 16.3. The van der Waals surface area contributed by atoms with E-state index in [1.165, 1.54) is 6.07 Å². The number of ether oxygens (including phenoxy) is 2. The number of hydrogen-bond acceptors (Lipinski definition) is 5. The van der Waals surface area contributed by atoms with Crippen LogP contribution in [-0.4, -0.2) is 61.3 Å². The fourth-order valence-electron chi connectivity index (χ4n) is 6.89. The van der Waals surface area contributed by atoms with Gasteiger partial charge in [-0.15, -0.1) is 0 Å². The summed E-state index contributed by atoms with van der Waals surface area (Å²) in [6.07, 6.45) is 2.65. The van der Waals surface area contributed by atoms with Gasteiger partial charge in [0.05, 0.1) is 24.2 Å². The van der Waals surface area contributed by atoms with E-state index in [2.05, 4.69) is 10.3 Å². The Bertz CT molecular complexity index is 909. The third-order valence-corrected chi connectivity index (χ3v) is 8.52. The minimum absolute atomic E-state index is 0.128. The van der Waals surface area contributed by atoms with Gasteiger partial charge in [0.15, 0.2) is 0 Å². The maximum Gasteiger partial charge on any atom is 0.417 e. The monoisotopic (exact) mass is 481 g/mol. The number of nitrogens with one attached hydrogen (secondary N) is 1.